The number of fused-ring (bicyclic) bond motifs is 1. The maximum atomic E-state index is 6.44. The highest BCUT2D eigenvalue weighted by molar-refractivity contribution is 6.30. The molecule has 1 N–H and O–H groups in total. The van der Waals surface area contributed by atoms with Crippen LogP contribution in [-0.2, 0) is 17.8 Å². The highest BCUT2D eigenvalue weighted by Gasteiger charge is 2.33. The molecule has 0 aromatic heterocycles. The van der Waals surface area contributed by atoms with Crippen LogP contribution in [0.15, 0.2) is 53.6 Å². The van der Waals surface area contributed by atoms with Gasteiger partial charge in [0, 0.05) is 30.2 Å². The summed E-state index contributed by atoms with van der Waals surface area (Å²) in [4.78, 5) is 2.50. The van der Waals surface area contributed by atoms with Crippen molar-refractivity contribution in [3.05, 3.63) is 64.7 Å². The standard InChI is InChI=1S/C27H36ClN3O/c1-20(23-11-7-4-8-12-23)31-26-14-13-25(28)17-24(26)15-22(16-27(31)30-29-2)19-32-18-21-9-5-3-6-10-21/h3,5-6,9-10,13-14,17,20,22-23,29H,4,7-8,11-12,15-16,18-19H2,1-2H3/b30-27-. The molecule has 5 heteroatoms. The minimum absolute atomic E-state index is 0.353. The van der Waals surface area contributed by atoms with Gasteiger partial charge < -0.3 is 15.1 Å². The maximum absolute atomic E-state index is 6.44. The first kappa shape index (κ1) is 23.1. The number of halogens is 1. The summed E-state index contributed by atoms with van der Waals surface area (Å²) in [7, 11) is 1.89. The van der Waals surface area contributed by atoms with Gasteiger partial charge in [0.15, 0.2) is 0 Å². The van der Waals surface area contributed by atoms with Crippen LogP contribution in [0.3, 0.4) is 0 Å². The van der Waals surface area contributed by atoms with Gasteiger partial charge >= 0.3 is 0 Å². The van der Waals surface area contributed by atoms with E-state index in [1.165, 1.54) is 48.9 Å². The molecule has 1 saturated carbocycles. The summed E-state index contributed by atoms with van der Waals surface area (Å²) in [6.45, 7) is 3.72. The van der Waals surface area contributed by atoms with E-state index in [9.17, 15) is 0 Å². The van der Waals surface area contributed by atoms with Crippen molar-refractivity contribution >= 4 is 23.1 Å². The van der Waals surface area contributed by atoms with Gasteiger partial charge in [0.25, 0.3) is 0 Å². The van der Waals surface area contributed by atoms with Gasteiger partial charge in [-0.1, -0.05) is 61.2 Å². The van der Waals surface area contributed by atoms with Crippen molar-refractivity contribution in [3.63, 3.8) is 0 Å². The quantitative estimate of drug-likeness (QED) is 0.491. The van der Waals surface area contributed by atoms with Crippen LogP contribution in [0.2, 0.25) is 5.02 Å². The third-order valence-corrected chi connectivity index (χ3v) is 7.24. The Morgan fingerprint density at radius 2 is 1.88 bits per heavy atom. The summed E-state index contributed by atoms with van der Waals surface area (Å²) in [6, 6.07) is 17.1. The Balaban J connectivity index is 1.58. The summed E-state index contributed by atoms with van der Waals surface area (Å²) < 4.78 is 6.17. The van der Waals surface area contributed by atoms with Crippen LogP contribution in [0, 0.1) is 11.8 Å². The van der Waals surface area contributed by atoms with Crippen molar-refractivity contribution in [2.75, 3.05) is 18.6 Å². The van der Waals surface area contributed by atoms with Gasteiger partial charge in [-0.25, -0.2) is 0 Å². The zero-order valence-electron chi connectivity index (χ0n) is 19.4. The van der Waals surface area contributed by atoms with E-state index in [1.54, 1.807) is 0 Å². The molecule has 2 aliphatic rings. The van der Waals surface area contributed by atoms with Gasteiger partial charge in [-0.3, -0.25) is 0 Å². The third-order valence-electron chi connectivity index (χ3n) is 7.00. The zero-order chi connectivity index (χ0) is 22.3. The Bertz CT molecular complexity index is 895. The average Bonchev–Trinajstić information content (AvgIpc) is 2.96. The molecule has 2 unspecified atom stereocenters. The van der Waals surface area contributed by atoms with Crippen LogP contribution in [0.1, 0.15) is 56.6 Å². The van der Waals surface area contributed by atoms with E-state index < -0.39 is 0 Å². The van der Waals surface area contributed by atoms with Crippen LogP contribution >= 0.6 is 11.6 Å². The summed E-state index contributed by atoms with van der Waals surface area (Å²) in [5, 5.41) is 5.58. The highest BCUT2D eigenvalue weighted by atomic mass is 35.5. The van der Waals surface area contributed by atoms with Gasteiger partial charge in [0.2, 0.25) is 0 Å². The minimum Gasteiger partial charge on any atom is -0.376 e. The molecule has 4 rings (SSSR count). The molecule has 1 fully saturated rings. The predicted octanol–water partition coefficient (Wildman–Crippen LogP) is 6.43. The molecule has 4 nitrogen and oxygen atoms in total. The monoisotopic (exact) mass is 453 g/mol. The average molecular weight is 454 g/mol. The normalized spacial score (nSPS) is 21.8. The van der Waals surface area contributed by atoms with E-state index in [-0.39, 0.29) is 0 Å². The first-order valence-electron chi connectivity index (χ1n) is 12.1. The first-order valence-corrected chi connectivity index (χ1v) is 12.5. The van der Waals surface area contributed by atoms with Crippen LogP contribution < -0.4 is 10.3 Å². The molecule has 0 bridgehead atoms. The molecule has 0 spiro atoms. The molecule has 2 aromatic rings. The molecular weight excluding hydrogens is 418 g/mol. The second kappa shape index (κ2) is 11.2. The highest BCUT2D eigenvalue weighted by Crippen LogP contribution is 2.38. The fraction of sp³-hybridized carbons (Fsp3) is 0.519. The van der Waals surface area contributed by atoms with Gasteiger partial charge in [-0.2, -0.15) is 5.10 Å². The molecule has 2 atom stereocenters. The van der Waals surface area contributed by atoms with Gasteiger partial charge in [-0.05, 0) is 67.3 Å². The lowest BCUT2D eigenvalue weighted by atomic mass is 9.83. The number of nitrogens with zero attached hydrogens (tertiary/aromatic N) is 2. The number of amidine groups is 1. The van der Waals surface area contributed by atoms with E-state index in [2.05, 4.69) is 53.6 Å². The van der Waals surface area contributed by atoms with Crippen molar-refractivity contribution < 1.29 is 4.74 Å². The number of anilines is 1. The summed E-state index contributed by atoms with van der Waals surface area (Å²) in [6.07, 6.45) is 8.48. The lowest BCUT2D eigenvalue weighted by Crippen LogP contribution is -2.44. The summed E-state index contributed by atoms with van der Waals surface area (Å²) in [5.41, 5.74) is 6.84. The molecule has 1 aliphatic carbocycles. The van der Waals surface area contributed by atoms with Crippen molar-refractivity contribution in [2.24, 2.45) is 16.9 Å². The van der Waals surface area contributed by atoms with Gasteiger partial charge in [0.1, 0.15) is 5.84 Å². The zero-order valence-corrected chi connectivity index (χ0v) is 20.2. The van der Waals surface area contributed by atoms with E-state index >= 15 is 0 Å². The van der Waals surface area contributed by atoms with Crippen molar-refractivity contribution in [2.45, 2.75) is 64.5 Å². The first-order chi connectivity index (χ1) is 15.7. The van der Waals surface area contributed by atoms with Crippen molar-refractivity contribution in [3.8, 4) is 0 Å². The predicted molar refractivity (Wildman–Crippen MR) is 134 cm³/mol. The van der Waals surface area contributed by atoms with Crippen LogP contribution in [0.5, 0.6) is 0 Å². The smallest absolute Gasteiger partial charge is 0.129 e. The number of ether oxygens (including phenoxy) is 1. The number of hydrazone groups is 1. The Hall–Kier alpha value is -2.04. The van der Waals surface area contributed by atoms with E-state index in [1.807, 2.05) is 19.2 Å². The largest absolute Gasteiger partial charge is 0.376 e. The van der Waals surface area contributed by atoms with E-state index in [0.29, 0.717) is 31.1 Å². The molecule has 1 aliphatic heterocycles. The number of benzene rings is 2. The molecule has 0 saturated heterocycles. The molecule has 32 heavy (non-hydrogen) atoms. The molecule has 0 amide bonds. The Morgan fingerprint density at radius 3 is 2.62 bits per heavy atom. The fourth-order valence-electron chi connectivity index (χ4n) is 5.38. The fourth-order valence-corrected chi connectivity index (χ4v) is 5.57. The SMILES string of the molecule is CN/N=C1/CC(COCc2ccccc2)Cc2cc(Cl)ccc2N1C(C)C1CCCCC1. The topological polar surface area (TPSA) is 36.9 Å². The van der Waals surface area contributed by atoms with Crippen LogP contribution in [-0.4, -0.2) is 25.5 Å². The Labute approximate surface area is 198 Å². The number of rotatable bonds is 7. The Morgan fingerprint density at radius 1 is 1.09 bits per heavy atom. The van der Waals surface area contributed by atoms with E-state index in [0.717, 1.165) is 23.7 Å². The number of hydrogen-bond donors (Lipinski definition) is 1. The molecule has 1 heterocycles. The summed E-state index contributed by atoms with van der Waals surface area (Å²) >= 11 is 6.44. The third kappa shape index (κ3) is 5.65. The van der Waals surface area contributed by atoms with Crippen molar-refractivity contribution in [1.82, 2.24) is 5.43 Å². The molecule has 2 aromatic carbocycles. The van der Waals surface area contributed by atoms with Crippen LogP contribution in [0.4, 0.5) is 5.69 Å². The van der Waals surface area contributed by atoms with Gasteiger partial charge in [-0.15, -0.1) is 0 Å². The minimum atomic E-state index is 0.353. The lowest BCUT2D eigenvalue weighted by molar-refractivity contribution is 0.0890. The molecule has 172 valence electrons. The lowest BCUT2D eigenvalue weighted by Gasteiger charge is -2.38. The second-order valence-corrected chi connectivity index (χ2v) is 9.74. The van der Waals surface area contributed by atoms with Gasteiger partial charge in [0.05, 0.1) is 13.2 Å². The molecule has 0 radical (unpaired) electrons. The second-order valence-electron chi connectivity index (χ2n) is 9.31. The van der Waals surface area contributed by atoms with Crippen LogP contribution in [0.25, 0.3) is 0 Å². The van der Waals surface area contributed by atoms with E-state index in [4.69, 9.17) is 21.4 Å². The molecular formula is C27H36ClN3O. The summed E-state index contributed by atoms with van der Waals surface area (Å²) in [5.74, 6) is 2.16. The number of nitrogens with one attached hydrogen (secondary N) is 1. The number of hydrogen-bond acceptors (Lipinski definition) is 3. The van der Waals surface area contributed by atoms with Crippen molar-refractivity contribution in [1.29, 1.82) is 0 Å². The maximum Gasteiger partial charge on any atom is 0.129 e. The Kier molecular flexibility index (Phi) is 8.10.